The van der Waals surface area contributed by atoms with Crippen LogP contribution in [0.15, 0.2) is 116 Å². The summed E-state index contributed by atoms with van der Waals surface area (Å²) in [5.74, 6) is 3.68. The summed E-state index contributed by atoms with van der Waals surface area (Å²) in [6, 6.07) is 26.3. The highest BCUT2D eigenvalue weighted by Crippen LogP contribution is 2.38. The summed E-state index contributed by atoms with van der Waals surface area (Å²) in [4.78, 5) is 21.0. The molecular weight excluding hydrogens is 684 g/mol. The van der Waals surface area contributed by atoms with Gasteiger partial charge in [-0.05, 0) is 62.6 Å². The lowest BCUT2D eigenvalue weighted by Gasteiger charge is -2.29. The molecule has 0 fully saturated rings. The van der Waals surface area contributed by atoms with Crippen molar-refractivity contribution in [1.29, 1.82) is 0 Å². The highest BCUT2D eigenvalue weighted by molar-refractivity contribution is 5.68. The van der Waals surface area contributed by atoms with Crippen molar-refractivity contribution in [3.63, 3.8) is 0 Å². The lowest BCUT2D eigenvalue weighted by atomic mass is 10.2. The van der Waals surface area contributed by atoms with E-state index in [1.54, 1.807) is 62.2 Å². The topological polar surface area (TPSA) is 116 Å². The van der Waals surface area contributed by atoms with Crippen LogP contribution in [0.1, 0.15) is 0 Å². The zero-order chi connectivity index (χ0) is 37.0. The number of hydrogen-bond acceptors (Lipinski definition) is 12. The molecule has 6 aromatic rings. The van der Waals surface area contributed by atoms with E-state index in [9.17, 15) is 8.78 Å². The summed E-state index contributed by atoms with van der Waals surface area (Å²) in [5, 5.41) is 2.75. The van der Waals surface area contributed by atoms with Crippen molar-refractivity contribution in [2.24, 2.45) is 0 Å². The van der Waals surface area contributed by atoms with Gasteiger partial charge in [-0.25, -0.2) is 28.7 Å². The second kappa shape index (κ2) is 17.6. The zero-order valence-electron chi connectivity index (χ0n) is 29.3. The van der Waals surface area contributed by atoms with Crippen molar-refractivity contribution in [2.45, 2.75) is 0 Å². The number of nitrogens with zero attached hydrogens (tertiary/aromatic N) is 6. The molecule has 2 aromatic heterocycles. The average Bonchev–Trinajstić information content (AvgIpc) is 3.20. The van der Waals surface area contributed by atoms with Crippen LogP contribution >= 0.6 is 0 Å². The normalized spacial score (nSPS) is 12.6. The highest BCUT2D eigenvalue weighted by Gasteiger charge is 2.25. The van der Waals surface area contributed by atoms with Gasteiger partial charge in [0.15, 0.2) is 34.6 Å². The van der Waals surface area contributed by atoms with Crippen LogP contribution < -0.4 is 38.8 Å². The van der Waals surface area contributed by atoms with Crippen LogP contribution in [0, 0.1) is 11.6 Å². The minimum absolute atomic E-state index is 0.221. The molecule has 53 heavy (non-hydrogen) atoms. The van der Waals surface area contributed by atoms with Crippen LogP contribution in [-0.4, -0.2) is 67.4 Å². The maximum atomic E-state index is 13.9. The van der Waals surface area contributed by atoms with Gasteiger partial charge in [-0.1, -0.05) is 36.4 Å². The Bertz CT molecular complexity index is 2080. The van der Waals surface area contributed by atoms with E-state index in [-0.39, 0.29) is 17.3 Å². The Labute approximate surface area is 305 Å². The Hall–Kier alpha value is -6.54. The van der Waals surface area contributed by atoms with Crippen molar-refractivity contribution >= 4 is 23.3 Å². The van der Waals surface area contributed by atoms with Gasteiger partial charge in [0.05, 0.1) is 56.4 Å². The lowest BCUT2D eigenvalue weighted by molar-refractivity contribution is 0.296. The van der Waals surface area contributed by atoms with Crippen LogP contribution in [-0.2, 0) is 0 Å². The van der Waals surface area contributed by atoms with E-state index in [2.05, 4.69) is 25.3 Å². The minimum Gasteiger partial charge on any atom is -0.497 e. The summed E-state index contributed by atoms with van der Waals surface area (Å²) in [6.45, 7) is 1.82. The van der Waals surface area contributed by atoms with Gasteiger partial charge in [0.1, 0.15) is 30.5 Å². The maximum Gasteiger partial charge on any atom is 0.230 e. The van der Waals surface area contributed by atoms with E-state index in [0.717, 1.165) is 0 Å². The number of benzene rings is 4. The van der Waals surface area contributed by atoms with Crippen molar-refractivity contribution in [3.05, 3.63) is 127 Å². The molecule has 2 aliphatic rings. The highest BCUT2D eigenvalue weighted by atomic mass is 19.1. The number of rotatable bonds is 7. The number of ether oxygens (including phenoxy) is 5. The predicted octanol–water partition coefficient (Wildman–Crippen LogP) is 7.72. The number of anilines is 4. The molecule has 1 N–H and O–H groups in total. The largest absolute Gasteiger partial charge is 0.497 e. The average molecular weight is 722 g/mol. The number of methoxy groups -OCH3 is 1. The number of nitrogens with one attached hydrogen (secondary N) is 1. The molecule has 4 heterocycles. The third-order valence-corrected chi connectivity index (χ3v) is 7.56. The molecule has 0 atom stereocenters. The number of aromatic nitrogens is 4. The summed E-state index contributed by atoms with van der Waals surface area (Å²) < 4.78 is 55.2. The van der Waals surface area contributed by atoms with Crippen molar-refractivity contribution in [3.8, 4) is 40.2 Å². The Kier molecular flexibility index (Phi) is 12.0. The second-order valence-electron chi connectivity index (χ2n) is 11.3. The first-order valence-electron chi connectivity index (χ1n) is 16.6. The fourth-order valence-electron chi connectivity index (χ4n) is 5.27. The SMILES string of the molecule is CNC.COc1cccc(Oc2cnc(N3CCOc4c(F)cccc43)nc2)c1.Fc1cccc2c1OCCN2c1ncc(Oc2ccccc2)cn1. The first kappa shape index (κ1) is 36.3. The number of para-hydroxylation sites is 3. The third-order valence-electron chi connectivity index (χ3n) is 7.56. The molecule has 12 nitrogen and oxygen atoms in total. The molecule has 0 bridgehead atoms. The van der Waals surface area contributed by atoms with Crippen LogP contribution in [0.25, 0.3) is 0 Å². The smallest absolute Gasteiger partial charge is 0.230 e. The summed E-state index contributed by atoms with van der Waals surface area (Å²) in [5.41, 5.74) is 1.23. The van der Waals surface area contributed by atoms with Gasteiger partial charge in [0.2, 0.25) is 11.9 Å². The molecule has 272 valence electrons. The molecule has 0 saturated heterocycles. The Morgan fingerprint density at radius 3 is 1.49 bits per heavy atom. The van der Waals surface area contributed by atoms with Crippen LogP contribution in [0.4, 0.5) is 32.1 Å². The van der Waals surface area contributed by atoms with Gasteiger partial charge in [0, 0.05) is 6.07 Å². The van der Waals surface area contributed by atoms with E-state index in [0.29, 0.717) is 78.3 Å². The van der Waals surface area contributed by atoms with Crippen molar-refractivity contribution < 1.29 is 32.5 Å². The van der Waals surface area contributed by atoms with E-state index >= 15 is 0 Å². The molecular formula is C39H37F2N7O5. The second-order valence-corrected chi connectivity index (χ2v) is 11.3. The number of halogens is 2. The van der Waals surface area contributed by atoms with Gasteiger partial charge in [0.25, 0.3) is 0 Å². The van der Waals surface area contributed by atoms with E-state index in [1.165, 1.54) is 12.1 Å². The summed E-state index contributed by atoms with van der Waals surface area (Å²) in [7, 11) is 5.35. The first-order valence-corrected chi connectivity index (χ1v) is 16.6. The fourth-order valence-corrected chi connectivity index (χ4v) is 5.27. The standard InChI is InChI=1S/C19H16FN3O3.C18H14FN3O2.C2H7N/c1-24-13-4-2-5-14(10-13)26-15-11-21-19(22-12-15)23-8-9-25-18-16(20)6-3-7-17(18)23;19-15-7-4-8-16-17(15)23-10-9-22(16)18-20-11-14(12-21-18)24-13-5-2-1-3-6-13;1-3-2/h2-7,10-12H,8-9H2,1H3;1-8,11-12H,9-10H2;3H,1-2H3. The minimum atomic E-state index is -0.398. The molecule has 0 unspecified atom stereocenters. The molecule has 4 aromatic carbocycles. The van der Waals surface area contributed by atoms with E-state index < -0.39 is 5.82 Å². The van der Waals surface area contributed by atoms with Gasteiger partial charge < -0.3 is 38.8 Å². The quantitative estimate of drug-likeness (QED) is 0.174. The maximum absolute atomic E-state index is 13.9. The Morgan fingerprint density at radius 1 is 0.566 bits per heavy atom. The predicted molar refractivity (Wildman–Crippen MR) is 196 cm³/mol. The molecule has 0 spiro atoms. The molecule has 0 radical (unpaired) electrons. The molecule has 2 aliphatic heterocycles. The van der Waals surface area contributed by atoms with Crippen molar-refractivity contribution in [2.75, 3.05) is 57.3 Å². The number of hydrogen-bond donors (Lipinski definition) is 1. The summed E-state index contributed by atoms with van der Waals surface area (Å²) >= 11 is 0. The monoisotopic (exact) mass is 721 g/mol. The third kappa shape index (κ3) is 9.04. The molecule has 14 heteroatoms. The van der Waals surface area contributed by atoms with E-state index in [1.807, 2.05) is 72.4 Å². The van der Waals surface area contributed by atoms with Crippen LogP contribution in [0.5, 0.6) is 40.2 Å². The van der Waals surface area contributed by atoms with Crippen LogP contribution in [0.3, 0.4) is 0 Å². The van der Waals surface area contributed by atoms with Gasteiger partial charge in [-0.2, -0.15) is 0 Å². The van der Waals surface area contributed by atoms with Gasteiger partial charge >= 0.3 is 0 Å². The Balaban J connectivity index is 0.000000169. The molecule has 0 aliphatic carbocycles. The van der Waals surface area contributed by atoms with Gasteiger partial charge in [-0.3, -0.25) is 0 Å². The van der Waals surface area contributed by atoms with E-state index in [4.69, 9.17) is 23.7 Å². The first-order chi connectivity index (χ1) is 26.0. The van der Waals surface area contributed by atoms with Crippen molar-refractivity contribution in [1.82, 2.24) is 25.3 Å². The molecule has 0 amide bonds. The fraction of sp³-hybridized carbons (Fsp3) is 0.179. The van der Waals surface area contributed by atoms with Gasteiger partial charge in [-0.15, -0.1) is 0 Å². The Morgan fingerprint density at radius 2 is 1.00 bits per heavy atom. The molecule has 0 saturated carbocycles. The summed E-state index contributed by atoms with van der Waals surface area (Å²) in [6.07, 6.45) is 6.36. The zero-order valence-corrected chi connectivity index (χ0v) is 29.3. The lowest BCUT2D eigenvalue weighted by Crippen LogP contribution is -2.30. The number of fused-ring (bicyclic) bond motifs is 2. The van der Waals surface area contributed by atoms with Crippen LogP contribution in [0.2, 0.25) is 0 Å². The molecule has 8 rings (SSSR count).